The van der Waals surface area contributed by atoms with Crippen molar-refractivity contribution < 1.29 is 26.4 Å². The molecular formula is C12H16F3N3O3S. The number of rotatable bonds is 6. The Kier molecular flexibility index (Phi) is 5.92. The second-order valence-electron chi connectivity index (χ2n) is 4.52. The summed E-state index contributed by atoms with van der Waals surface area (Å²) in [6.07, 6.45) is -5.00. The number of carbonyl (C=O) groups excluding carboxylic acids is 1. The zero-order valence-corrected chi connectivity index (χ0v) is 12.7. The van der Waals surface area contributed by atoms with E-state index in [1.165, 1.54) is 0 Å². The number of anilines is 1. The van der Waals surface area contributed by atoms with Gasteiger partial charge in [-0.15, -0.1) is 0 Å². The summed E-state index contributed by atoms with van der Waals surface area (Å²) >= 11 is 0. The minimum absolute atomic E-state index is 0.0832. The Hall–Kier alpha value is -1.65. The van der Waals surface area contributed by atoms with Crippen molar-refractivity contribution >= 4 is 21.6 Å². The van der Waals surface area contributed by atoms with Gasteiger partial charge in [0.05, 0.1) is 4.90 Å². The molecule has 3 N–H and O–H groups in total. The van der Waals surface area contributed by atoms with Crippen molar-refractivity contribution in [2.75, 3.05) is 18.9 Å². The van der Waals surface area contributed by atoms with Crippen LogP contribution in [0.1, 0.15) is 6.92 Å². The predicted octanol–water partition coefficient (Wildman–Crippen LogP) is 1.07. The number of alkyl halides is 3. The van der Waals surface area contributed by atoms with Gasteiger partial charge < -0.3 is 10.6 Å². The molecule has 0 aliphatic heterocycles. The van der Waals surface area contributed by atoms with Gasteiger partial charge in [-0.05, 0) is 38.2 Å². The molecule has 0 bridgehead atoms. The molecule has 6 nitrogen and oxygen atoms in total. The molecule has 1 atom stereocenters. The average Bonchev–Trinajstić information content (AvgIpc) is 2.44. The molecule has 10 heteroatoms. The predicted molar refractivity (Wildman–Crippen MR) is 74.8 cm³/mol. The molecule has 0 aliphatic carbocycles. The fourth-order valence-corrected chi connectivity index (χ4v) is 2.47. The highest BCUT2D eigenvalue weighted by Crippen LogP contribution is 2.19. The molecule has 1 unspecified atom stereocenters. The summed E-state index contributed by atoms with van der Waals surface area (Å²) in [6, 6.07) is 4.30. The molecule has 1 amide bonds. The van der Waals surface area contributed by atoms with E-state index in [0.29, 0.717) is 0 Å². The Morgan fingerprint density at radius 1 is 1.23 bits per heavy atom. The summed E-state index contributed by atoms with van der Waals surface area (Å²) in [7, 11) is -2.09. The van der Waals surface area contributed by atoms with Gasteiger partial charge in [0.15, 0.2) is 0 Å². The number of nitrogens with one attached hydrogen (secondary N) is 3. The van der Waals surface area contributed by atoms with E-state index in [0.717, 1.165) is 24.3 Å². The second kappa shape index (κ2) is 7.07. The number of halogens is 3. The van der Waals surface area contributed by atoms with Crippen LogP contribution < -0.4 is 15.4 Å². The smallest absolute Gasteiger partial charge is 0.318 e. The Morgan fingerprint density at radius 2 is 1.77 bits per heavy atom. The SMILES string of the molecule is CNC(C)CNS(=O)(=O)c1ccc(NC(=O)C(F)(F)F)cc1. The molecule has 0 saturated heterocycles. The van der Waals surface area contributed by atoms with Crippen LogP contribution in [0.5, 0.6) is 0 Å². The molecule has 22 heavy (non-hydrogen) atoms. The highest BCUT2D eigenvalue weighted by Gasteiger charge is 2.38. The van der Waals surface area contributed by atoms with Crippen molar-refractivity contribution in [2.24, 2.45) is 0 Å². The number of benzene rings is 1. The van der Waals surface area contributed by atoms with Crippen LogP contribution in [0, 0.1) is 0 Å². The van der Waals surface area contributed by atoms with Crippen LogP contribution >= 0.6 is 0 Å². The van der Waals surface area contributed by atoms with Gasteiger partial charge >= 0.3 is 12.1 Å². The van der Waals surface area contributed by atoms with Gasteiger partial charge in [-0.25, -0.2) is 13.1 Å². The van der Waals surface area contributed by atoms with Gasteiger partial charge in [0.2, 0.25) is 10.0 Å². The molecule has 124 valence electrons. The lowest BCUT2D eigenvalue weighted by molar-refractivity contribution is -0.167. The maximum absolute atomic E-state index is 12.1. The number of amides is 1. The first kappa shape index (κ1) is 18.4. The highest BCUT2D eigenvalue weighted by atomic mass is 32.2. The van der Waals surface area contributed by atoms with E-state index >= 15 is 0 Å². The first-order valence-electron chi connectivity index (χ1n) is 6.21. The molecular weight excluding hydrogens is 323 g/mol. The van der Waals surface area contributed by atoms with Gasteiger partial charge in [-0.3, -0.25) is 4.79 Å². The summed E-state index contributed by atoms with van der Waals surface area (Å²) in [5.74, 6) is -2.12. The molecule has 0 fully saturated rings. The lowest BCUT2D eigenvalue weighted by Gasteiger charge is -2.12. The molecule has 1 aromatic rings. The molecule has 1 rings (SSSR count). The van der Waals surface area contributed by atoms with Gasteiger partial charge in [0, 0.05) is 18.3 Å². The minimum Gasteiger partial charge on any atom is -0.318 e. The number of hydrogen-bond donors (Lipinski definition) is 3. The van der Waals surface area contributed by atoms with Crippen molar-refractivity contribution in [1.82, 2.24) is 10.0 Å². The summed E-state index contributed by atoms with van der Waals surface area (Å²) < 4.78 is 62.5. The van der Waals surface area contributed by atoms with Gasteiger partial charge in [0.25, 0.3) is 0 Å². The van der Waals surface area contributed by atoms with Crippen LogP contribution in [0.25, 0.3) is 0 Å². The fourth-order valence-electron chi connectivity index (χ4n) is 1.34. The largest absolute Gasteiger partial charge is 0.471 e. The van der Waals surface area contributed by atoms with E-state index in [1.54, 1.807) is 19.3 Å². The fraction of sp³-hybridized carbons (Fsp3) is 0.417. The van der Waals surface area contributed by atoms with Gasteiger partial charge in [-0.1, -0.05) is 0 Å². The maximum Gasteiger partial charge on any atom is 0.471 e. The van der Waals surface area contributed by atoms with Crippen molar-refractivity contribution in [1.29, 1.82) is 0 Å². The van der Waals surface area contributed by atoms with E-state index in [9.17, 15) is 26.4 Å². The Bertz CT molecular complexity index is 615. The van der Waals surface area contributed by atoms with Crippen molar-refractivity contribution in [3.8, 4) is 0 Å². The quantitative estimate of drug-likeness (QED) is 0.724. The molecule has 0 spiro atoms. The van der Waals surface area contributed by atoms with Crippen LogP contribution in [-0.4, -0.2) is 40.1 Å². The number of hydrogen-bond acceptors (Lipinski definition) is 4. The molecule has 1 aromatic carbocycles. The molecule has 0 radical (unpaired) electrons. The summed E-state index contributed by atoms with van der Waals surface area (Å²) in [5, 5.41) is 4.48. The Labute approximate surface area is 126 Å². The van der Waals surface area contributed by atoms with Crippen molar-refractivity contribution in [2.45, 2.75) is 24.0 Å². The third kappa shape index (κ3) is 5.28. The van der Waals surface area contributed by atoms with Crippen molar-refractivity contribution in [3.05, 3.63) is 24.3 Å². The molecule has 0 aromatic heterocycles. The van der Waals surface area contributed by atoms with E-state index < -0.39 is 22.1 Å². The summed E-state index contributed by atoms with van der Waals surface area (Å²) in [4.78, 5) is 10.6. The topological polar surface area (TPSA) is 87.3 Å². The van der Waals surface area contributed by atoms with Crippen LogP contribution in [0.15, 0.2) is 29.2 Å². The molecule has 0 aliphatic rings. The molecule has 0 heterocycles. The van der Waals surface area contributed by atoms with Crippen LogP contribution in [0.3, 0.4) is 0 Å². The Morgan fingerprint density at radius 3 is 2.23 bits per heavy atom. The highest BCUT2D eigenvalue weighted by molar-refractivity contribution is 7.89. The van der Waals surface area contributed by atoms with E-state index in [2.05, 4.69) is 10.0 Å². The van der Waals surface area contributed by atoms with Crippen LogP contribution in [0.4, 0.5) is 18.9 Å². The molecule has 0 saturated carbocycles. The zero-order chi connectivity index (χ0) is 17.0. The van der Waals surface area contributed by atoms with E-state index in [-0.39, 0.29) is 23.2 Å². The van der Waals surface area contributed by atoms with E-state index in [1.807, 2.05) is 0 Å². The first-order valence-corrected chi connectivity index (χ1v) is 7.70. The average molecular weight is 339 g/mol. The van der Waals surface area contributed by atoms with Gasteiger partial charge in [-0.2, -0.15) is 13.2 Å². The zero-order valence-electron chi connectivity index (χ0n) is 11.9. The lowest BCUT2D eigenvalue weighted by Crippen LogP contribution is -2.37. The Balaban J connectivity index is 2.78. The first-order chi connectivity index (χ1) is 10.1. The third-order valence-corrected chi connectivity index (χ3v) is 4.19. The third-order valence-electron chi connectivity index (χ3n) is 2.75. The monoisotopic (exact) mass is 339 g/mol. The number of carbonyl (C=O) groups is 1. The van der Waals surface area contributed by atoms with Gasteiger partial charge in [0.1, 0.15) is 0 Å². The van der Waals surface area contributed by atoms with Crippen molar-refractivity contribution in [3.63, 3.8) is 0 Å². The maximum atomic E-state index is 12.1. The summed E-state index contributed by atoms with van der Waals surface area (Å²) in [5.41, 5.74) is -0.148. The van der Waals surface area contributed by atoms with E-state index in [4.69, 9.17) is 0 Å². The van der Waals surface area contributed by atoms with Crippen LogP contribution in [0.2, 0.25) is 0 Å². The number of sulfonamides is 1. The standard InChI is InChI=1S/C12H16F3N3O3S/c1-8(16-2)7-17-22(20,21)10-5-3-9(4-6-10)18-11(19)12(13,14)15/h3-6,8,16-17H,7H2,1-2H3,(H,18,19). The summed E-state index contributed by atoms with van der Waals surface area (Å²) in [6.45, 7) is 1.93. The normalized spacial score (nSPS) is 13.7. The lowest BCUT2D eigenvalue weighted by atomic mass is 10.3. The second-order valence-corrected chi connectivity index (χ2v) is 6.28. The van der Waals surface area contributed by atoms with Crippen LogP contribution in [-0.2, 0) is 14.8 Å². The number of likely N-dealkylation sites (N-methyl/N-ethyl adjacent to an activating group) is 1. The minimum atomic E-state index is -5.00.